The van der Waals surface area contributed by atoms with Crippen LogP contribution in [0.5, 0.6) is 0 Å². The summed E-state index contributed by atoms with van der Waals surface area (Å²) in [7, 11) is 0. The van der Waals surface area contributed by atoms with Crippen molar-refractivity contribution in [1.82, 2.24) is 10.2 Å². The van der Waals surface area contributed by atoms with Crippen molar-refractivity contribution in [2.75, 3.05) is 31.6 Å². The number of benzene rings is 2. The van der Waals surface area contributed by atoms with Crippen LogP contribution in [0.2, 0.25) is 0 Å². The fraction of sp³-hybridized carbons (Fsp3) is 0.316. The first-order valence-electron chi connectivity index (χ1n) is 8.27. The number of rotatable bonds is 5. The third-order valence-corrected chi connectivity index (χ3v) is 3.99. The molecule has 0 spiro atoms. The highest BCUT2D eigenvalue weighted by Crippen LogP contribution is 2.10. The van der Waals surface area contributed by atoms with E-state index in [4.69, 9.17) is 4.74 Å². The molecule has 126 valence electrons. The Balaban J connectivity index is 1.43. The maximum absolute atomic E-state index is 11.9. The molecule has 0 radical (unpaired) electrons. The highest BCUT2D eigenvalue weighted by atomic mass is 16.5. The fourth-order valence-corrected chi connectivity index (χ4v) is 2.79. The molecule has 2 amide bonds. The number of morpholine rings is 1. The molecule has 24 heavy (non-hydrogen) atoms. The highest BCUT2D eigenvalue weighted by Gasteiger charge is 2.21. The molecule has 2 N–H and O–H groups in total. The second kappa shape index (κ2) is 8.47. The van der Waals surface area contributed by atoms with Crippen LogP contribution in [0.1, 0.15) is 5.56 Å². The van der Waals surface area contributed by atoms with E-state index in [1.807, 2.05) is 36.4 Å². The number of nitrogens with one attached hydrogen (secondary N) is 2. The highest BCUT2D eigenvalue weighted by molar-refractivity contribution is 5.89. The Morgan fingerprint density at radius 2 is 1.79 bits per heavy atom. The maximum atomic E-state index is 11.9. The molecule has 5 nitrogen and oxygen atoms in total. The summed E-state index contributed by atoms with van der Waals surface area (Å²) in [6.45, 7) is 3.85. The number of urea groups is 1. The summed E-state index contributed by atoms with van der Waals surface area (Å²) in [6.07, 6.45) is 0.0176. The van der Waals surface area contributed by atoms with Gasteiger partial charge in [-0.15, -0.1) is 0 Å². The molecule has 0 aliphatic carbocycles. The number of para-hydroxylation sites is 1. The van der Waals surface area contributed by atoms with Gasteiger partial charge in [-0.3, -0.25) is 4.90 Å². The van der Waals surface area contributed by atoms with Gasteiger partial charge >= 0.3 is 6.03 Å². The normalized spacial score (nSPS) is 18.1. The number of ether oxygens (including phenoxy) is 1. The van der Waals surface area contributed by atoms with E-state index in [0.717, 1.165) is 25.3 Å². The lowest BCUT2D eigenvalue weighted by molar-refractivity contribution is -0.0285. The Morgan fingerprint density at radius 1 is 1.08 bits per heavy atom. The Bertz CT molecular complexity index is 634. The zero-order valence-corrected chi connectivity index (χ0v) is 13.7. The second-order valence-electron chi connectivity index (χ2n) is 5.91. The Kier molecular flexibility index (Phi) is 5.82. The fourth-order valence-electron chi connectivity index (χ4n) is 2.79. The van der Waals surface area contributed by atoms with E-state index < -0.39 is 0 Å². The molecular weight excluding hydrogens is 302 g/mol. The maximum Gasteiger partial charge on any atom is 0.319 e. The van der Waals surface area contributed by atoms with Gasteiger partial charge in [0, 0.05) is 31.9 Å². The molecule has 0 saturated carbocycles. The largest absolute Gasteiger partial charge is 0.374 e. The van der Waals surface area contributed by atoms with Gasteiger partial charge in [0.25, 0.3) is 0 Å². The number of hydrogen-bond donors (Lipinski definition) is 2. The molecule has 5 heteroatoms. The van der Waals surface area contributed by atoms with Crippen LogP contribution in [0.25, 0.3) is 0 Å². The van der Waals surface area contributed by atoms with E-state index in [0.29, 0.717) is 13.2 Å². The van der Waals surface area contributed by atoms with Crippen molar-refractivity contribution in [3.05, 3.63) is 66.2 Å². The van der Waals surface area contributed by atoms with E-state index in [1.165, 1.54) is 5.56 Å². The lowest BCUT2D eigenvalue weighted by Crippen LogP contribution is -2.47. The summed E-state index contributed by atoms with van der Waals surface area (Å²) in [5, 5.41) is 5.70. The third kappa shape index (κ3) is 5.08. The topological polar surface area (TPSA) is 53.6 Å². The van der Waals surface area contributed by atoms with Crippen LogP contribution in [0, 0.1) is 0 Å². The SMILES string of the molecule is O=C(NC[C@@H]1CN(Cc2ccccc2)CCO1)Nc1ccccc1. The third-order valence-electron chi connectivity index (χ3n) is 3.99. The molecule has 1 aliphatic heterocycles. The number of hydrogen-bond acceptors (Lipinski definition) is 3. The van der Waals surface area contributed by atoms with Crippen molar-refractivity contribution >= 4 is 11.7 Å². The Morgan fingerprint density at radius 3 is 2.54 bits per heavy atom. The van der Waals surface area contributed by atoms with Gasteiger partial charge in [-0.2, -0.15) is 0 Å². The number of nitrogens with zero attached hydrogens (tertiary/aromatic N) is 1. The smallest absolute Gasteiger partial charge is 0.319 e. The lowest BCUT2D eigenvalue weighted by Gasteiger charge is -2.33. The van der Waals surface area contributed by atoms with Crippen LogP contribution in [-0.4, -0.2) is 43.3 Å². The van der Waals surface area contributed by atoms with Crippen LogP contribution < -0.4 is 10.6 Å². The molecule has 2 aromatic carbocycles. The average molecular weight is 325 g/mol. The summed E-state index contributed by atoms with van der Waals surface area (Å²) in [5.74, 6) is 0. The summed E-state index contributed by atoms with van der Waals surface area (Å²) in [5.41, 5.74) is 2.08. The van der Waals surface area contributed by atoms with Crippen LogP contribution in [-0.2, 0) is 11.3 Å². The van der Waals surface area contributed by atoms with Gasteiger partial charge in [-0.05, 0) is 17.7 Å². The summed E-state index contributed by atoms with van der Waals surface area (Å²) in [6, 6.07) is 19.6. The summed E-state index contributed by atoms with van der Waals surface area (Å²) < 4.78 is 5.76. The average Bonchev–Trinajstić information content (AvgIpc) is 2.62. The first-order valence-corrected chi connectivity index (χ1v) is 8.27. The predicted molar refractivity (Wildman–Crippen MR) is 94.9 cm³/mol. The number of carbonyl (C=O) groups is 1. The summed E-state index contributed by atoms with van der Waals surface area (Å²) in [4.78, 5) is 14.3. The lowest BCUT2D eigenvalue weighted by atomic mass is 10.2. The number of anilines is 1. The van der Waals surface area contributed by atoms with Gasteiger partial charge < -0.3 is 15.4 Å². The molecule has 0 aromatic heterocycles. The van der Waals surface area contributed by atoms with Gasteiger partial charge in [0.2, 0.25) is 0 Å². The van der Waals surface area contributed by atoms with Gasteiger partial charge in [0.15, 0.2) is 0 Å². The molecule has 1 aliphatic rings. The molecule has 1 heterocycles. The van der Waals surface area contributed by atoms with E-state index in [2.05, 4.69) is 39.8 Å². The standard InChI is InChI=1S/C19H23N3O2/c23-19(21-17-9-5-2-6-10-17)20-13-18-15-22(11-12-24-18)14-16-7-3-1-4-8-16/h1-10,18H,11-15H2,(H2,20,21,23)/t18-/m1/s1. The van der Waals surface area contributed by atoms with Crippen molar-refractivity contribution < 1.29 is 9.53 Å². The van der Waals surface area contributed by atoms with Crippen molar-refractivity contribution in [3.8, 4) is 0 Å². The number of amides is 2. The van der Waals surface area contributed by atoms with Crippen molar-refractivity contribution in [2.45, 2.75) is 12.6 Å². The van der Waals surface area contributed by atoms with E-state index in [1.54, 1.807) is 0 Å². The monoisotopic (exact) mass is 325 g/mol. The first-order chi connectivity index (χ1) is 11.8. The molecule has 0 unspecified atom stereocenters. The van der Waals surface area contributed by atoms with Crippen molar-refractivity contribution in [2.24, 2.45) is 0 Å². The van der Waals surface area contributed by atoms with E-state index >= 15 is 0 Å². The summed E-state index contributed by atoms with van der Waals surface area (Å²) >= 11 is 0. The minimum Gasteiger partial charge on any atom is -0.374 e. The van der Waals surface area contributed by atoms with Crippen molar-refractivity contribution in [1.29, 1.82) is 0 Å². The minimum atomic E-state index is -0.204. The van der Waals surface area contributed by atoms with Gasteiger partial charge in [-0.1, -0.05) is 48.5 Å². The number of carbonyl (C=O) groups excluding carboxylic acids is 1. The quantitative estimate of drug-likeness (QED) is 0.889. The van der Waals surface area contributed by atoms with Gasteiger partial charge in [0.05, 0.1) is 12.7 Å². The molecule has 3 rings (SSSR count). The van der Waals surface area contributed by atoms with Gasteiger partial charge in [-0.25, -0.2) is 4.79 Å². The zero-order chi connectivity index (χ0) is 16.6. The zero-order valence-electron chi connectivity index (χ0n) is 13.7. The molecular formula is C19H23N3O2. The van der Waals surface area contributed by atoms with Gasteiger partial charge in [0.1, 0.15) is 0 Å². The Hall–Kier alpha value is -2.37. The van der Waals surface area contributed by atoms with E-state index in [-0.39, 0.29) is 12.1 Å². The van der Waals surface area contributed by atoms with Crippen LogP contribution in [0.3, 0.4) is 0 Å². The second-order valence-corrected chi connectivity index (χ2v) is 5.91. The molecule has 1 saturated heterocycles. The van der Waals surface area contributed by atoms with Crippen molar-refractivity contribution in [3.63, 3.8) is 0 Å². The Labute approximate surface area is 142 Å². The molecule has 0 bridgehead atoms. The molecule has 2 aromatic rings. The molecule has 1 atom stereocenters. The molecule has 1 fully saturated rings. The first kappa shape index (κ1) is 16.5. The van der Waals surface area contributed by atoms with Crippen LogP contribution in [0.4, 0.5) is 10.5 Å². The minimum absolute atomic E-state index is 0.0176. The van der Waals surface area contributed by atoms with E-state index in [9.17, 15) is 4.79 Å². The predicted octanol–water partition coefficient (Wildman–Crippen LogP) is 2.71. The van der Waals surface area contributed by atoms with Crippen LogP contribution in [0.15, 0.2) is 60.7 Å². The van der Waals surface area contributed by atoms with Crippen LogP contribution >= 0.6 is 0 Å².